The molecule has 0 fully saturated rings. The molecule has 5 rings (SSSR count). The van der Waals surface area contributed by atoms with E-state index in [1.165, 1.54) is 121 Å². The molecular formula is C90H97F47O8. The van der Waals surface area contributed by atoms with Gasteiger partial charge in [0.1, 0.15) is 35.4 Å². The van der Waals surface area contributed by atoms with Gasteiger partial charge in [0.2, 0.25) is 0 Å². The van der Waals surface area contributed by atoms with Gasteiger partial charge in [-0.15, -0.1) is 0 Å². The Morgan fingerprint density at radius 1 is 0.262 bits per heavy atom. The molecule has 0 aliphatic carbocycles. The standard InChI is InChI=1S/C32H35F15O2.C30H31F15O2.C28H31F17O4/c1-9-15-11-17(22(48)19(13-15)24(3,4)5)21(18-12-16(10-2)14-20(23(18)49)25(6,7)8)26(33,34)27(35,36)28(37,38)29(39,40)30(41,42)31(43,44)32(45,46)47;1-13-9-15(20(46)17(11-13)22(3,4)5)19(16-10-14(2)12-18(21(16)47)23(6,7)8)24(31,32)25(33,34)26(35,36)27(37,38)28(39,40)29(41,42)30(43,44)45;1-19(2,3)15-9-13(10-16(18(15)48)20(4,5)6)7-8-17(47)49-12-14(46)11-21(29,30)22(31,32)23(33,34)24(35,36)25(37,38)26(39,40)27(41,42)28(43,44)45/h11-14,21,48-49H,9-10H2,1-8H3;9-12,19,46-47H,1-8H3;9-10,14,46,48H,7-8,11-12H2,1-6H3. The van der Waals surface area contributed by atoms with Gasteiger partial charge >= 0.3 is 137 Å². The molecule has 0 saturated heterocycles. The number of hydrogen-bond donors (Lipinski definition) is 6. The van der Waals surface area contributed by atoms with Gasteiger partial charge in [-0.25, -0.2) is 0 Å². The van der Waals surface area contributed by atoms with Crippen molar-refractivity contribution in [3.05, 3.63) is 144 Å². The summed E-state index contributed by atoms with van der Waals surface area (Å²) in [7, 11) is 0. The first-order chi connectivity index (χ1) is 63.2. The third-order valence-electron chi connectivity index (χ3n) is 22.8. The Morgan fingerprint density at radius 2 is 0.455 bits per heavy atom. The van der Waals surface area contributed by atoms with Gasteiger partial charge in [-0.1, -0.05) is 210 Å². The summed E-state index contributed by atoms with van der Waals surface area (Å²) in [5.74, 6) is -168. The van der Waals surface area contributed by atoms with Gasteiger partial charge < -0.3 is 35.4 Å². The lowest BCUT2D eigenvalue weighted by Crippen LogP contribution is -2.74. The van der Waals surface area contributed by atoms with Crippen LogP contribution in [0.2, 0.25) is 0 Å². The fraction of sp³-hybridized carbons (Fsp3) is 0.656. The van der Waals surface area contributed by atoms with Gasteiger partial charge in [-0.05, 0) is 116 Å². The third kappa shape index (κ3) is 22.7. The highest BCUT2D eigenvalue weighted by Gasteiger charge is 2.98. The van der Waals surface area contributed by atoms with Crippen molar-refractivity contribution in [3.8, 4) is 28.7 Å². The monoisotopic (exact) mass is 2200 g/mol. The molecule has 0 heterocycles. The normalized spacial score (nSPS) is 15.3. The van der Waals surface area contributed by atoms with Crippen LogP contribution in [0.25, 0.3) is 0 Å². The number of aliphatic hydroxyl groups excluding tert-OH is 1. The highest BCUT2D eigenvalue weighted by molar-refractivity contribution is 5.70. The molecule has 5 aromatic rings. The number of aliphatic hydroxyl groups is 1. The minimum atomic E-state index is -8.75. The number of rotatable bonds is 31. The predicted molar refractivity (Wildman–Crippen MR) is 427 cm³/mol. The van der Waals surface area contributed by atoms with E-state index in [-0.39, 0.29) is 69.5 Å². The number of aromatic hydroxyl groups is 5. The largest absolute Gasteiger partial charge is 0.507 e. The van der Waals surface area contributed by atoms with Crippen molar-refractivity contribution < 1.29 is 247 Å². The van der Waals surface area contributed by atoms with Crippen LogP contribution in [0.4, 0.5) is 206 Å². The van der Waals surface area contributed by atoms with Gasteiger partial charge in [-0.2, -0.15) is 206 Å². The Hall–Kier alpha value is -8.76. The van der Waals surface area contributed by atoms with Crippen LogP contribution in [-0.2, 0) is 61.3 Å². The van der Waals surface area contributed by atoms with Crippen LogP contribution < -0.4 is 0 Å². The molecule has 5 aromatic carbocycles. The van der Waals surface area contributed by atoms with Gasteiger partial charge in [0.25, 0.3) is 0 Å². The highest BCUT2D eigenvalue weighted by atomic mass is 19.5. The fourth-order valence-electron chi connectivity index (χ4n) is 14.2. The van der Waals surface area contributed by atoms with Crippen LogP contribution in [0.1, 0.15) is 247 Å². The number of phenolic OH excluding ortho intramolecular Hbond substituents is 5. The lowest BCUT2D eigenvalue weighted by molar-refractivity contribution is -0.462. The number of phenols is 5. The molecule has 145 heavy (non-hydrogen) atoms. The van der Waals surface area contributed by atoms with Crippen molar-refractivity contribution >= 4 is 5.97 Å². The first-order valence-corrected chi connectivity index (χ1v) is 41.7. The molecule has 1 unspecified atom stereocenters. The van der Waals surface area contributed by atoms with Crippen LogP contribution >= 0.6 is 0 Å². The SMILES string of the molecule is CC(C)(C)c1cc(CCC(=O)OCC(O)CC(F)(F)C(F)(F)C(F)(F)C(F)(F)C(F)(F)C(F)(F)C(F)(F)C(F)(F)F)cc(C(C)(C)C)c1O.CCc1cc(C(c2cc(CC)cc(C(C)(C)C)c2O)C(F)(F)C(F)(F)C(F)(F)C(F)(F)C(F)(F)C(F)(F)C(F)(F)F)c(O)c(C(C)(C)C)c1.Cc1cc(C(c2cc(C)cc(C(C)(C)C)c2O)C(F)(F)C(F)(F)C(F)(F)C(F)(F)C(F)(F)C(F)(F)C(F)(F)F)c(O)c(C(C)(C)C)c1. The highest BCUT2D eigenvalue weighted by Crippen LogP contribution is 2.71. The summed E-state index contributed by atoms with van der Waals surface area (Å²) < 4.78 is 663. The van der Waals surface area contributed by atoms with E-state index in [1.807, 2.05) is 0 Å². The molecule has 1 atom stereocenters. The molecule has 0 radical (unpaired) electrons. The molecule has 0 aliphatic heterocycles. The Balaban J connectivity index is 0.000000559. The Bertz CT molecular complexity index is 5230. The molecule has 0 amide bonds. The molecule has 834 valence electrons. The van der Waals surface area contributed by atoms with E-state index in [1.54, 1.807) is 41.5 Å². The van der Waals surface area contributed by atoms with Gasteiger partial charge in [0.05, 0.1) is 17.9 Å². The topological polar surface area (TPSA) is 148 Å². The first kappa shape index (κ1) is 130. The Morgan fingerprint density at radius 3 is 0.676 bits per heavy atom. The Labute approximate surface area is 795 Å². The number of alkyl halides is 47. The van der Waals surface area contributed by atoms with E-state index in [0.717, 1.165) is 26.0 Å². The summed E-state index contributed by atoms with van der Waals surface area (Å²) in [6.07, 6.45) is -30.7. The van der Waals surface area contributed by atoms with Crippen molar-refractivity contribution in [2.24, 2.45) is 0 Å². The van der Waals surface area contributed by atoms with Crippen molar-refractivity contribution in [1.29, 1.82) is 0 Å². The molecular weight excluding hydrogens is 2100 g/mol. The number of ether oxygens (including phenoxy) is 1. The van der Waals surface area contributed by atoms with E-state index >= 15 is 43.9 Å². The smallest absolute Gasteiger partial charge is 0.460 e. The summed E-state index contributed by atoms with van der Waals surface area (Å²) in [6, 6.07) is 9.91. The van der Waals surface area contributed by atoms with Crippen LogP contribution in [0.5, 0.6) is 28.7 Å². The van der Waals surface area contributed by atoms with Crippen molar-refractivity contribution in [2.75, 3.05) is 6.61 Å². The van der Waals surface area contributed by atoms with E-state index < -0.39 is 252 Å². The Kier molecular flexibility index (Phi) is 35.6. The van der Waals surface area contributed by atoms with E-state index in [2.05, 4.69) is 4.74 Å². The van der Waals surface area contributed by atoms with Crippen molar-refractivity contribution in [3.63, 3.8) is 0 Å². The molecule has 8 nitrogen and oxygen atoms in total. The molecule has 0 saturated carbocycles. The first-order valence-electron chi connectivity index (χ1n) is 41.7. The zero-order valence-electron chi connectivity index (χ0n) is 79.5. The van der Waals surface area contributed by atoms with Crippen molar-refractivity contribution in [1.82, 2.24) is 0 Å². The second kappa shape index (κ2) is 39.5. The van der Waals surface area contributed by atoms with E-state index in [0.29, 0.717) is 41.0 Å². The lowest BCUT2D eigenvalue weighted by atomic mass is 9.73. The van der Waals surface area contributed by atoms with Crippen molar-refractivity contribution in [2.45, 2.75) is 366 Å². The maximum absolute atomic E-state index is 16.4. The molecule has 0 aliphatic rings. The molecule has 55 heteroatoms. The molecule has 0 aromatic heterocycles. The summed E-state index contributed by atoms with van der Waals surface area (Å²) in [5, 5.41) is 64.8. The maximum Gasteiger partial charge on any atom is 0.460 e. The van der Waals surface area contributed by atoms with Gasteiger partial charge in [0, 0.05) is 35.1 Å². The average Bonchev–Trinajstić information content (AvgIpc) is 0.714. The number of hydrogen-bond acceptors (Lipinski definition) is 8. The zero-order chi connectivity index (χ0) is 116. The number of halogens is 47. The average molecular weight is 2200 g/mol. The molecule has 6 N–H and O–H groups in total. The number of carbonyl (C=O) groups is 1. The van der Waals surface area contributed by atoms with E-state index in [4.69, 9.17) is 0 Å². The van der Waals surface area contributed by atoms with Crippen LogP contribution in [0.3, 0.4) is 0 Å². The fourth-order valence-corrected chi connectivity index (χ4v) is 14.2. The third-order valence-corrected chi connectivity index (χ3v) is 22.8. The van der Waals surface area contributed by atoms with E-state index in [9.17, 15) is 198 Å². The summed E-state index contributed by atoms with van der Waals surface area (Å²) >= 11 is 0. The number of carbonyl (C=O) groups excluding carboxylic acids is 1. The second-order valence-electron chi connectivity index (χ2n) is 40.5. The number of esters is 1. The van der Waals surface area contributed by atoms with Crippen LogP contribution in [-0.4, -0.2) is 180 Å². The molecule has 0 bridgehead atoms. The minimum Gasteiger partial charge on any atom is -0.507 e. The predicted octanol–water partition coefficient (Wildman–Crippen LogP) is 31.4. The zero-order valence-corrected chi connectivity index (χ0v) is 79.5. The summed E-state index contributed by atoms with van der Waals surface area (Å²) in [4.78, 5) is 12.1. The number of aryl methyl sites for hydroxylation is 5. The van der Waals surface area contributed by atoms with Crippen LogP contribution in [0.15, 0.2) is 60.7 Å². The van der Waals surface area contributed by atoms with Crippen LogP contribution in [0, 0.1) is 13.8 Å². The summed E-state index contributed by atoms with van der Waals surface area (Å²) in [5.41, 5.74) is -12.1. The second-order valence-corrected chi connectivity index (χ2v) is 40.5. The maximum atomic E-state index is 16.4. The van der Waals surface area contributed by atoms with Gasteiger partial charge in [0.15, 0.2) is 0 Å². The number of benzene rings is 5. The minimum absolute atomic E-state index is 0.0440. The molecule has 0 spiro atoms. The lowest BCUT2D eigenvalue weighted by Gasteiger charge is -2.43. The summed E-state index contributed by atoms with van der Waals surface area (Å²) in [6.45, 7) is 30.3. The van der Waals surface area contributed by atoms with Gasteiger partial charge in [-0.3, -0.25) is 4.79 Å². The quantitative estimate of drug-likeness (QED) is 0.0190.